The molecule has 138 valence electrons. The molecule has 2 heterocycles. The van der Waals surface area contributed by atoms with Gasteiger partial charge in [0, 0.05) is 18.4 Å². The van der Waals surface area contributed by atoms with Gasteiger partial charge >= 0.3 is 0 Å². The average molecular weight is 372 g/mol. The van der Waals surface area contributed by atoms with Crippen molar-refractivity contribution in [1.82, 2.24) is 4.90 Å². The predicted molar refractivity (Wildman–Crippen MR) is 88.0 cm³/mol. The number of halogens is 1. The Labute approximate surface area is 147 Å². The van der Waals surface area contributed by atoms with E-state index in [4.69, 9.17) is 19.0 Å². The predicted octanol–water partition coefficient (Wildman–Crippen LogP) is 2.42. The number of hydrogen-bond acceptors (Lipinski definition) is 6. The molecule has 0 aromatic carbocycles. The van der Waals surface area contributed by atoms with Crippen LogP contribution in [0.25, 0.3) is 0 Å². The van der Waals surface area contributed by atoms with Crippen LogP contribution in [-0.4, -0.2) is 54.5 Å². The summed E-state index contributed by atoms with van der Waals surface area (Å²) in [5, 5.41) is 8.52. The molecule has 0 saturated carbocycles. The molecule has 2 aliphatic heterocycles. The van der Waals surface area contributed by atoms with Crippen LogP contribution in [0.2, 0.25) is 0 Å². The van der Waals surface area contributed by atoms with Crippen LogP contribution in [0.15, 0.2) is 11.8 Å². The Morgan fingerprint density at radius 2 is 2.24 bits per heavy atom. The zero-order valence-electron chi connectivity index (χ0n) is 14.5. The fourth-order valence-corrected chi connectivity index (χ4v) is 3.73. The van der Waals surface area contributed by atoms with E-state index in [0.717, 1.165) is 4.90 Å². The molecule has 0 spiro atoms. The number of nitriles is 1. The first-order chi connectivity index (χ1) is 11.9. The van der Waals surface area contributed by atoms with Crippen LogP contribution >= 0.6 is 8.38 Å². The monoisotopic (exact) mass is 372 g/mol. The summed E-state index contributed by atoms with van der Waals surface area (Å²) in [6, 6.07) is 1.96. The van der Waals surface area contributed by atoms with Crippen molar-refractivity contribution >= 4 is 20.1 Å². The van der Waals surface area contributed by atoms with Crippen molar-refractivity contribution in [3.8, 4) is 6.07 Å². The maximum absolute atomic E-state index is 15.0. The van der Waals surface area contributed by atoms with Crippen LogP contribution in [0.5, 0.6) is 0 Å². The highest BCUT2D eigenvalue weighted by Crippen LogP contribution is 2.42. The number of hydrogen-bond donors (Lipinski definition) is 0. The first-order valence-electron chi connectivity index (χ1n) is 8.11. The number of allylic oxidation sites excluding steroid dienone is 1. The molecule has 5 atom stereocenters. The van der Waals surface area contributed by atoms with Crippen LogP contribution in [0.1, 0.15) is 33.1 Å². The van der Waals surface area contributed by atoms with Crippen molar-refractivity contribution in [2.75, 3.05) is 13.3 Å². The topological polar surface area (TPSA) is 88.9 Å². The summed E-state index contributed by atoms with van der Waals surface area (Å²) in [6.45, 7) is 5.34. The molecular weight excluding hydrogens is 350 g/mol. The third kappa shape index (κ3) is 4.62. The molecule has 2 rings (SSSR count). The largest absolute Gasteiger partial charge is 0.349 e. The highest BCUT2D eigenvalue weighted by atomic mass is 31.2. The van der Waals surface area contributed by atoms with Gasteiger partial charge in [0.05, 0.1) is 31.6 Å². The van der Waals surface area contributed by atoms with Gasteiger partial charge in [0.25, 0.3) is 0 Å². The summed E-state index contributed by atoms with van der Waals surface area (Å²) < 4.78 is 31.7. The van der Waals surface area contributed by atoms with Crippen molar-refractivity contribution in [1.29, 1.82) is 5.26 Å². The van der Waals surface area contributed by atoms with Gasteiger partial charge in [0.2, 0.25) is 5.91 Å². The minimum absolute atomic E-state index is 0.220. The van der Waals surface area contributed by atoms with Gasteiger partial charge in [-0.05, 0) is 13.3 Å². The lowest BCUT2D eigenvalue weighted by Crippen LogP contribution is -2.45. The number of Topliss-reactive ketones (excluding diaryl/α,β-unsaturated/α-hetero) is 1. The fraction of sp³-hybridized carbons (Fsp3) is 0.688. The van der Waals surface area contributed by atoms with E-state index in [-0.39, 0.29) is 25.2 Å². The van der Waals surface area contributed by atoms with Crippen molar-refractivity contribution < 1.29 is 27.8 Å². The molecule has 0 aliphatic carbocycles. The van der Waals surface area contributed by atoms with Crippen LogP contribution in [0.3, 0.4) is 0 Å². The molecule has 0 radical (unpaired) electrons. The number of rotatable bonds is 7. The van der Waals surface area contributed by atoms with Gasteiger partial charge in [-0.3, -0.25) is 14.5 Å². The molecule has 25 heavy (non-hydrogen) atoms. The van der Waals surface area contributed by atoms with E-state index in [9.17, 15) is 14.0 Å². The van der Waals surface area contributed by atoms with Crippen LogP contribution < -0.4 is 0 Å². The van der Waals surface area contributed by atoms with Gasteiger partial charge in [-0.1, -0.05) is 6.92 Å². The van der Waals surface area contributed by atoms with Crippen molar-refractivity contribution in [2.24, 2.45) is 0 Å². The molecule has 0 N–H and O–H groups in total. The minimum Gasteiger partial charge on any atom is -0.349 e. The van der Waals surface area contributed by atoms with Crippen LogP contribution in [0.4, 0.5) is 4.39 Å². The molecule has 9 heteroatoms. The van der Waals surface area contributed by atoms with Gasteiger partial charge in [-0.2, -0.15) is 5.26 Å². The molecule has 1 amide bonds. The summed E-state index contributed by atoms with van der Waals surface area (Å²) >= 11 is 0. The van der Waals surface area contributed by atoms with Gasteiger partial charge in [0.15, 0.2) is 26.6 Å². The van der Waals surface area contributed by atoms with Gasteiger partial charge in [-0.15, -0.1) is 0 Å². The van der Waals surface area contributed by atoms with E-state index < -0.39 is 38.9 Å². The van der Waals surface area contributed by atoms with E-state index in [1.807, 2.05) is 13.0 Å². The van der Waals surface area contributed by atoms with E-state index in [1.165, 1.54) is 6.20 Å². The average Bonchev–Trinajstić information content (AvgIpc) is 2.87. The lowest BCUT2D eigenvalue weighted by molar-refractivity contribution is -0.146. The number of amides is 1. The van der Waals surface area contributed by atoms with Crippen molar-refractivity contribution in [3.63, 3.8) is 0 Å². The standard InChI is InChI=1S/C16H22FN2O5P/c1-4-12-15(24-25(3)22-7-5-6-18)14(17)16(23-12)19-9-10(2)11(20)8-13(19)21/h9,12,14-16H,4-5,7-8H2,1-3H3/t12-,14-,15+,16-,25?/m1/s1. The number of ether oxygens (including phenoxy) is 1. The number of nitrogens with zero attached hydrogens (tertiary/aromatic N) is 2. The minimum atomic E-state index is -1.56. The fourth-order valence-electron chi connectivity index (χ4n) is 2.73. The highest BCUT2D eigenvalue weighted by Gasteiger charge is 2.50. The lowest BCUT2D eigenvalue weighted by atomic mass is 10.1. The molecule has 1 unspecified atom stereocenters. The molecule has 2 aliphatic rings. The lowest BCUT2D eigenvalue weighted by Gasteiger charge is -2.29. The molecule has 1 saturated heterocycles. The first kappa shape index (κ1) is 19.9. The third-order valence-corrected chi connectivity index (χ3v) is 5.16. The molecule has 0 aromatic rings. The second-order valence-electron chi connectivity index (χ2n) is 5.88. The van der Waals surface area contributed by atoms with E-state index in [1.54, 1.807) is 13.6 Å². The maximum Gasteiger partial charge on any atom is 0.236 e. The first-order valence-corrected chi connectivity index (χ1v) is 9.74. The van der Waals surface area contributed by atoms with Gasteiger partial charge in [-0.25, -0.2) is 4.39 Å². The Bertz CT molecular complexity index is 594. The summed E-state index contributed by atoms with van der Waals surface area (Å²) in [6.07, 6.45) is -2.27. The third-order valence-electron chi connectivity index (χ3n) is 4.07. The quantitative estimate of drug-likeness (QED) is 0.387. The summed E-state index contributed by atoms with van der Waals surface area (Å²) in [5.74, 6) is -0.750. The van der Waals surface area contributed by atoms with Crippen molar-refractivity contribution in [2.45, 2.75) is 57.7 Å². The Hall–Kier alpha value is -1.39. The van der Waals surface area contributed by atoms with Crippen LogP contribution in [0, 0.1) is 11.3 Å². The molecule has 0 aromatic heterocycles. The Kier molecular flexibility index (Phi) is 7.03. The second-order valence-corrected chi connectivity index (χ2v) is 7.23. The molecular formula is C16H22FN2O5P. The van der Waals surface area contributed by atoms with E-state index in [0.29, 0.717) is 12.0 Å². The van der Waals surface area contributed by atoms with Gasteiger partial charge < -0.3 is 13.8 Å². The summed E-state index contributed by atoms with van der Waals surface area (Å²) in [7, 11) is -1.37. The zero-order valence-corrected chi connectivity index (χ0v) is 15.4. The van der Waals surface area contributed by atoms with Gasteiger partial charge in [0.1, 0.15) is 6.10 Å². The Morgan fingerprint density at radius 1 is 1.52 bits per heavy atom. The summed E-state index contributed by atoms with van der Waals surface area (Å²) in [5.41, 5.74) is 0.394. The molecule has 1 fully saturated rings. The Morgan fingerprint density at radius 3 is 2.88 bits per heavy atom. The van der Waals surface area contributed by atoms with E-state index in [2.05, 4.69) is 0 Å². The maximum atomic E-state index is 15.0. The zero-order chi connectivity index (χ0) is 18.6. The number of carbonyl (C=O) groups is 2. The Balaban J connectivity index is 2.07. The van der Waals surface area contributed by atoms with Crippen LogP contribution in [-0.2, 0) is 23.4 Å². The molecule has 0 bridgehead atoms. The van der Waals surface area contributed by atoms with Crippen molar-refractivity contribution in [3.05, 3.63) is 11.8 Å². The second kappa shape index (κ2) is 8.81. The number of carbonyl (C=O) groups excluding carboxylic acids is 2. The SMILES string of the molecule is CC[C@H]1O[C@@H](N2C=C(C)C(=O)CC2=O)[C@H](F)[C@H]1OP(C)OCCC#N. The smallest absolute Gasteiger partial charge is 0.236 e. The summed E-state index contributed by atoms with van der Waals surface area (Å²) in [4.78, 5) is 24.8. The van der Waals surface area contributed by atoms with E-state index >= 15 is 0 Å². The highest BCUT2D eigenvalue weighted by molar-refractivity contribution is 7.46. The number of ketones is 1. The molecule has 7 nitrogen and oxygen atoms in total. The normalized spacial score (nSPS) is 31.0. The number of alkyl halides is 1.